The van der Waals surface area contributed by atoms with Gasteiger partial charge >= 0.3 is 0 Å². The quantitative estimate of drug-likeness (QED) is 0.583. The van der Waals surface area contributed by atoms with Gasteiger partial charge in [-0.25, -0.2) is 9.50 Å². The summed E-state index contributed by atoms with van der Waals surface area (Å²) < 4.78 is 12.9. The second-order valence-electron chi connectivity index (χ2n) is 8.36. The molecule has 3 heterocycles. The number of carbonyl (C=O) groups is 1. The zero-order valence-corrected chi connectivity index (χ0v) is 19.1. The molecule has 170 valence electrons. The maximum Gasteiger partial charge on any atom is 0.252 e. The van der Waals surface area contributed by atoms with E-state index >= 15 is 0 Å². The fourth-order valence-corrected chi connectivity index (χ4v) is 4.51. The fraction of sp³-hybridized carbons (Fsp3) is 0.500. The van der Waals surface area contributed by atoms with Gasteiger partial charge in [-0.3, -0.25) is 4.79 Å². The molecule has 4 rings (SSSR count). The lowest BCUT2D eigenvalue weighted by Crippen LogP contribution is -2.44. The van der Waals surface area contributed by atoms with E-state index < -0.39 is 0 Å². The van der Waals surface area contributed by atoms with E-state index in [-0.39, 0.29) is 11.3 Å². The summed E-state index contributed by atoms with van der Waals surface area (Å²) in [6.07, 6.45) is 4.28. The van der Waals surface area contributed by atoms with Crippen molar-refractivity contribution < 1.29 is 14.3 Å². The van der Waals surface area contributed by atoms with Crippen LogP contribution in [-0.4, -0.2) is 51.9 Å². The van der Waals surface area contributed by atoms with Crippen LogP contribution in [0.5, 0.6) is 5.75 Å². The lowest BCUT2D eigenvalue weighted by molar-refractivity contribution is -0.121. The Morgan fingerprint density at radius 3 is 2.69 bits per heavy atom. The third-order valence-electron chi connectivity index (χ3n) is 6.44. The minimum absolute atomic E-state index is 0.0410. The van der Waals surface area contributed by atoms with Crippen LogP contribution in [0.4, 0.5) is 0 Å². The molecular formula is C24H31N5O3. The van der Waals surface area contributed by atoms with Crippen LogP contribution in [0, 0.1) is 13.8 Å². The monoisotopic (exact) mass is 437 g/mol. The van der Waals surface area contributed by atoms with Crippen molar-refractivity contribution in [2.45, 2.75) is 51.9 Å². The molecule has 0 unspecified atom stereocenters. The number of benzene rings is 1. The summed E-state index contributed by atoms with van der Waals surface area (Å²) in [6.45, 7) is 8.57. The summed E-state index contributed by atoms with van der Waals surface area (Å²) >= 11 is 0. The summed E-state index contributed by atoms with van der Waals surface area (Å²) in [7, 11) is 0. The molecule has 8 nitrogen and oxygen atoms in total. The standard InChI is InChI=1S/C24H31N5O3/c1-4-32-20-7-5-19(6-8-20)24(11-13-31-14-12-24)15-25-22(30)10-9-21-17(2)28-23-26-16-27-29(23)18(21)3/h5-8,16H,4,9-15H2,1-3H3,(H,25,30). The number of carbonyl (C=O) groups excluding carboxylic acids is 1. The Morgan fingerprint density at radius 1 is 1.22 bits per heavy atom. The highest BCUT2D eigenvalue weighted by Crippen LogP contribution is 2.35. The molecule has 0 saturated carbocycles. The van der Waals surface area contributed by atoms with Crippen molar-refractivity contribution in [3.8, 4) is 5.75 Å². The fourth-order valence-electron chi connectivity index (χ4n) is 4.51. The molecule has 1 aliphatic rings. The Kier molecular flexibility index (Phi) is 6.69. The summed E-state index contributed by atoms with van der Waals surface area (Å²) in [6, 6.07) is 8.26. The first-order chi connectivity index (χ1) is 15.5. The van der Waals surface area contributed by atoms with Crippen molar-refractivity contribution in [1.82, 2.24) is 24.9 Å². The van der Waals surface area contributed by atoms with Crippen molar-refractivity contribution in [1.29, 1.82) is 0 Å². The first-order valence-corrected chi connectivity index (χ1v) is 11.3. The van der Waals surface area contributed by atoms with Crippen LogP contribution < -0.4 is 10.1 Å². The second-order valence-corrected chi connectivity index (χ2v) is 8.36. The molecule has 1 saturated heterocycles. The summed E-state index contributed by atoms with van der Waals surface area (Å²) in [5.41, 5.74) is 4.02. The van der Waals surface area contributed by atoms with E-state index in [1.807, 2.05) is 32.9 Å². The summed E-state index contributed by atoms with van der Waals surface area (Å²) in [5.74, 6) is 1.50. The van der Waals surface area contributed by atoms with Gasteiger partial charge in [0, 0.05) is 43.0 Å². The highest BCUT2D eigenvalue weighted by Gasteiger charge is 2.34. The van der Waals surface area contributed by atoms with Gasteiger partial charge in [0.2, 0.25) is 5.91 Å². The van der Waals surface area contributed by atoms with E-state index in [4.69, 9.17) is 9.47 Å². The van der Waals surface area contributed by atoms with Crippen LogP contribution in [0.3, 0.4) is 0 Å². The molecule has 8 heteroatoms. The average Bonchev–Trinajstić information content (AvgIpc) is 3.27. The second kappa shape index (κ2) is 9.65. The number of hydrogen-bond acceptors (Lipinski definition) is 6. The van der Waals surface area contributed by atoms with Crippen LogP contribution in [0.15, 0.2) is 30.6 Å². The topological polar surface area (TPSA) is 90.6 Å². The SMILES string of the molecule is CCOc1ccc(C2(CNC(=O)CCc3c(C)nc4ncnn4c3C)CCOCC2)cc1. The third-order valence-corrected chi connectivity index (χ3v) is 6.44. The van der Waals surface area contributed by atoms with Crippen molar-refractivity contribution in [3.05, 3.63) is 53.1 Å². The van der Waals surface area contributed by atoms with Gasteiger partial charge < -0.3 is 14.8 Å². The van der Waals surface area contributed by atoms with Crippen molar-refractivity contribution in [2.24, 2.45) is 0 Å². The third kappa shape index (κ3) is 4.60. The van der Waals surface area contributed by atoms with E-state index in [0.29, 0.717) is 45.0 Å². The number of hydrogen-bond donors (Lipinski definition) is 1. The average molecular weight is 438 g/mol. The van der Waals surface area contributed by atoms with Crippen molar-refractivity contribution in [2.75, 3.05) is 26.4 Å². The molecule has 1 aliphatic heterocycles. The normalized spacial score (nSPS) is 15.6. The number of rotatable bonds is 8. The Balaban J connectivity index is 1.42. The highest BCUT2D eigenvalue weighted by molar-refractivity contribution is 5.76. The molecule has 32 heavy (non-hydrogen) atoms. The number of aryl methyl sites for hydroxylation is 2. The first-order valence-electron chi connectivity index (χ1n) is 11.3. The van der Waals surface area contributed by atoms with E-state index in [2.05, 4.69) is 32.5 Å². The van der Waals surface area contributed by atoms with Gasteiger partial charge in [0.1, 0.15) is 12.1 Å². The van der Waals surface area contributed by atoms with Crippen molar-refractivity contribution >= 4 is 11.7 Å². The van der Waals surface area contributed by atoms with Gasteiger partial charge in [0.05, 0.1) is 6.61 Å². The van der Waals surface area contributed by atoms with Crippen LogP contribution in [-0.2, 0) is 21.4 Å². The summed E-state index contributed by atoms with van der Waals surface area (Å²) in [5, 5.41) is 7.42. The Bertz CT molecular complexity index is 1070. The number of nitrogens with one attached hydrogen (secondary N) is 1. The number of aromatic nitrogens is 4. The number of ether oxygens (including phenoxy) is 2. The molecule has 1 fully saturated rings. The molecule has 0 atom stereocenters. The van der Waals surface area contributed by atoms with Crippen LogP contribution in [0.2, 0.25) is 0 Å². The molecule has 3 aromatic rings. The van der Waals surface area contributed by atoms with Gasteiger partial charge in [0.25, 0.3) is 5.78 Å². The van der Waals surface area contributed by atoms with Gasteiger partial charge in [-0.2, -0.15) is 10.1 Å². The largest absolute Gasteiger partial charge is 0.494 e. The van der Waals surface area contributed by atoms with Gasteiger partial charge in [-0.05, 0) is 63.3 Å². The molecule has 1 amide bonds. The molecule has 0 aliphatic carbocycles. The zero-order chi connectivity index (χ0) is 22.6. The van der Waals surface area contributed by atoms with Gasteiger partial charge in [-0.1, -0.05) is 12.1 Å². The molecule has 2 aromatic heterocycles. The van der Waals surface area contributed by atoms with Crippen LogP contribution in [0.25, 0.3) is 5.78 Å². The minimum Gasteiger partial charge on any atom is -0.494 e. The molecule has 0 radical (unpaired) electrons. The smallest absolute Gasteiger partial charge is 0.252 e. The molecule has 0 spiro atoms. The Labute approximate surface area is 188 Å². The Hall–Kier alpha value is -3.00. The number of fused-ring (bicyclic) bond motifs is 1. The van der Waals surface area contributed by atoms with E-state index in [0.717, 1.165) is 35.5 Å². The van der Waals surface area contributed by atoms with E-state index in [9.17, 15) is 4.79 Å². The summed E-state index contributed by atoms with van der Waals surface area (Å²) in [4.78, 5) is 21.4. The van der Waals surface area contributed by atoms with Crippen LogP contribution in [0.1, 0.15) is 48.7 Å². The molecule has 0 bridgehead atoms. The number of nitrogens with zero attached hydrogens (tertiary/aromatic N) is 4. The minimum atomic E-state index is -0.119. The number of amides is 1. The predicted octanol–water partition coefficient (Wildman–Crippen LogP) is 2.94. The lowest BCUT2D eigenvalue weighted by Gasteiger charge is -2.38. The van der Waals surface area contributed by atoms with Gasteiger partial charge in [0.15, 0.2) is 0 Å². The van der Waals surface area contributed by atoms with Gasteiger partial charge in [-0.15, -0.1) is 0 Å². The maximum atomic E-state index is 12.8. The van der Waals surface area contributed by atoms with Crippen molar-refractivity contribution in [3.63, 3.8) is 0 Å². The zero-order valence-electron chi connectivity index (χ0n) is 19.1. The molecule has 1 aromatic carbocycles. The first kappa shape index (κ1) is 22.2. The highest BCUT2D eigenvalue weighted by atomic mass is 16.5. The lowest BCUT2D eigenvalue weighted by atomic mass is 9.74. The Morgan fingerprint density at radius 2 is 1.97 bits per heavy atom. The maximum absolute atomic E-state index is 12.8. The molecular weight excluding hydrogens is 406 g/mol. The van der Waals surface area contributed by atoms with Crippen LogP contribution >= 0.6 is 0 Å². The van der Waals surface area contributed by atoms with E-state index in [1.165, 1.54) is 11.9 Å². The van der Waals surface area contributed by atoms with E-state index in [1.54, 1.807) is 4.52 Å². The molecule has 1 N–H and O–H groups in total. The predicted molar refractivity (Wildman–Crippen MR) is 121 cm³/mol.